The fourth-order valence-corrected chi connectivity index (χ4v) is 2.08. The third-order valence-corrected chi connectivity index (χ3v) is 3.47. The van der Waals surface area contributed by atoms with Crippen molar-refractivity contribution >= 4 is 29.1 Å². The number of nitrogens with zero attached hydrogens (tertiary/aromatic N) is 2. The van der Waals surface area contributed by atoms with Crippen molar-refractivity contribution in [2.24, 2.45) is 0 Å². The van der Waals surface area contributed by atoms with Gasteiger partial charge in [-0.3, -0.25) is 4.79 Å². The molecule has 1 aliphatic rings. The zero-order chi connectivity index (χ0) is 15.5. The van der Waals surface area contributed by atoms with Gasteiger partial charge in [-0.2, -0.15) is 0 Å². The Hall–Kier alpha value is -2.34. The number of anilines is 2. The summed E-state index contributed by atoms with van der Waals surface area (Å²) in [6, 6.07) is 5.51. The molecule has 22 heavy (non-hydrogen) atoms. The van der Waals surface area contributed by atoms with E-state index < -0.39 is 0 Å². The van der Waals surface area contributed by atoms with Crippen LogP contribution >= 0.6 is 11.6 Å². The van der Waals surface area contributed by atoms with Crippen molar-refractivity contribution in [1.29, 1.82) is 0 Å². The highest BCUT2D eigenvalue weighted by Gasteiger charge is 2.24. The largest absolute Gasteiger partial charge is 0.495 e. The number of hydrogen-bond acceptors (Lipinski definition) is 5. The van der Waals surface area contributed by atoms with Crippen LogP contribution in [-0.2, 0) is 0 Å². The first-order chi connectivity index (χ1) is 10.7. The van der Waals surface area contributed by atoms with Gasteiger partial charge in [-0.25, -0.2) is 9.97 Å². The first-order valence-corrected chi connectivity index (χ1v) is 7.27. The second kappa shape index (κ2) is 6.19. The number of hydrogen-bond donors (Lipinski definition) is 2. The van der Waals surface area contributed by atoms with Crippen LogP contribution < -0.4 is 15.4 Å². The van der Waals surface area contributed by atoms with Crippen molar-refractivity contribution in [2.45, 2.75) is 18.9 Å². The van der Waals surface area contributed by atoms with Gasteiger partial charge in [-0.15, -0.1) is 0 Å². The minimum absolute atomic E-state index is 0.144. The van der Waals surface area contributed by atoms with E-state index in [4.69, 9.17) is 16.3 Å². The molecule has 2 N–H and O–H groups in total. The van der Waals surface area contributed by atoms with Crippen LogP contribution in [0.1, 0.15) is 23.2 Å². The Kier molecular flexibility index (Phi) is 4.11. The number of rotatable bonds is 5. The highest BCUT2D eigenvalue weighted by molar-refractivity contribution is 6.31. The molecule has 0 atom stereocenters. The molecule has 0 aliphatic heterocycles. The molecule has 0 bridgehead atoms. The van der Waals surface area contributed by atoms with Crippen LogP contribution in [0, 0.1) is 0 Å². The maximum Gasteiger partial charge on any atom is 0.254 e. The summed E-state index contributed by atoms with van der Waals surface area (Å²) in [5, 5.41) is 6.48. The average Bonchev–Trinajstić information content (AvgIpc) is 3.32. The van der Waals surface area contributed by atoms with Gasteiger partial charge in [0, 0.05) is 23.5 Å². The third kappa shape index (κ3) is 3.46. The maximum absolute atomic E-state index is 11.9. The van der Waals surface area contributed by atoms with Crippen molar-refractivity contribution in [2.75, 3.05) is 12.4 Å². The monoisotopic (exact) mass is 318 g/mol. The number of amides is 1. The SMILES string of the molecule is COc1ccc(Cl)cc1Nc1ncc(C(=O)NC2CC2)cn1. The molecule has 0 unspecified atom stereocenters. The summed E-state index contributed by atoms with van der Waals surface area (Å²) < 4.78 is 5.24. The van der Waals surface area contributed by atoms with Crippen molar-refractivity contribution < 1.29 is 9.53 Å². The van der Waals surface area contributed by atoms with Crippen LogP contribution in [0.3, 0.4) is 0 Å². The van der Waals surface area contributed by atoms with Crippen LogP contribution in [0.5, 0.6) is 5.75 Å². The fraction of sp³-hybridized carbons (Fsp3) is 0.267. The van der Waals surface area contributed by atoms with Gasteiger partial charge in [0.15, 0.2) is 0 Å². The number of aromatic nitrogens is 2. The van der Waals surface area contributed by atoms with Gasteiger partial charge in [-0.05, 0) is 31.0 Å². The Labute approximate surface area is 132 Å². The lowest BCUT2D eigenvalue weighted by atomic mass is 10.3. The molecule has 0 radical (unpaired) electrons. The summed E-state index contributed by atoms with van der Waals surface area (Å²) in [6.45, 7) is 0. The van der Waals surface area contributed by atoms with Crippen LogP contribution in [0.2, 0.25) is 5.02 Å². The maximum atomic E-state index is 11.9. The Balaban J connectivity index is 1.73. The van der Waals surface area contributed by atoms with Gasteiger partial charge in [0.1, 0.15) is 5.75 Å². The summed E-state index contributed by atoms with van der Waals surface area (Å²) >= 11 is 5.97. The van der Waals surface area contributed by atoms with E-state index >= 15 is 0 Å². The molecular weight excluding hydrogens is 304 g/mol. The smallest absolute Gasteiger partial charge is 0.254 e. The molecular formula is C15H15ClN4O2. The molecule has 0 spiro atoms. The summed E-state index contributed by atoms with van der Waals surface area (Å²) in [6.07, 6.45) is 5.07. The zero-order valence-corrected chi connectivity index (χ0v) is 12.7. The Bertz CT molecular complexity index is 686. The minimum Gasteiger partial charge on any atom is -0.495 e. The minimum atomic E-state index is -0.144. The first kappa shape index (κ1) is 14.6. The molecule has 114 valence electrons. The summed E-state index contributed by atoms with van der Waals surface area (Å²) in [4.78, 5) is 20.2. The van der Waals surface area contributed by atoms with E-state index in [0.29, 0.717) is 34.0 Å². The molecule has 1 saturated carbocycles. The number of carbonyl (C=O) groups excluding carboxylic acids is 1. The van der Waals surface area contributed by atoms with E-state index in [1.165, 1.54) is 12.4 Å². The summed E-state index contributed by atoms with van der Waals surface area (Å²) in [5.41, 5.74) is 1.10. The lowest BCUT2D eigenvalue weighted by Gasteiger charge is -2.10. The van der Waals surface area contributed by atoms with Gasteiger partial charge in [-0.1, -0.05) is 11.6 Å². The quantitative estimate of drug-likeness (QED) is 0.886. The first-order valence-electron chi connectivity index (χ1n) is 6.89. The van der Waals surface area contributed by atoms with Gasteiger partial charge in [0.05, 0.1) is 18.4 Å². The Morgan fingerprint density at radius 3 is 2.68 bits per heavy atom. The molecule has 1 aromatic carbocycles. The molecule has 1 aromatic heterocycles. The molecule has 1 fully saturated rings. The highest BCUT2D eigenvalue weighted by atomic mass is 35.5. The molecule has 0 saturated heterocycles. The normalized spacial score (nSPS) is 13.5. The van der Waals surface area contributed by atoms with E-state index in [-0.39, 0.29) is 5.91 Å². The number of ether oxygens (including phenoxy) is 1. The lowest BCUT2D eigenvalue weighted by molar-refractivity contribution is 0.0950. The lowest BCUT2D eigenvalue weighted by Crippen LogP contribution is -2.25. The van der Waals surface area contributed by atoms with Crippen molar-refractivity contribution in [3.05, 3.63) is 41.2 Å². The molecule has 1 heterocycles. The van der Waals surface area contributed by atoms with E-state index in [9.17, 15) is 4.79 Å². The van der Waals surface area contributed by atoms with Crippen LogP contribution in [0.15, 0.2) is 30.6 Å². The number of benzene rings is 1. The zero-order valence-electron chi connectivity index (χ0n) is 12.0. The standard InChI is InChI=1S/C15H15ClN4O2/c1-22-13-5-2-10(16)6-12(13)20-15-17-7-9(8-18-15)14(21)19-11-3-4-11/h2,5-8,11H,3-4H2,1H3,(H,19,21)(H,17,18,20). The van der Waals surface area contributed by atoms with Gasteiger partial charge >= 0.3 is 0 Å². The molecule has 6 nitrogen and oxygen atoms in total. The second-order valence-electron chi connectivity index (χ2n) is 5.01. The number of carbonyl (C=O) groups is 1. The van der Waals surface area contributed by atoms with Crippen LogP contribution in [0.25, 0.3) is 0 Å². The summed E-state index contributed by atoms with van der Waals surface area (Å²) in [5.74, 6) is 0.849. The van der Waals surface area contributed by atoms with E-state index in [1.807, 2.05) is 0 Å². The van der Waals surface area contributed by atoms with Gasteiger partial charge < -0.3 is 15.4 Å². The topological polar surface area (TPSA) is 76.1 Å². The third-order valence-electron chi connectivity index (χ3n) is 3.23. The van der Waals surface area contributed by atoms with Crippen molar-refractivity contribution in [3.63, 3.8) is 0 Å². The van der Waals surface area contributed by atoms with Crippen LogP contribution in [-0.4, -0.2) is 29.0 Å². The molecule has 1 aliphatic carbocycles. The van der Waals surface area contributed by atoms with Gasteiger partial charge in [0.2, 0.25) is 5.95 Å². The number of methoxy groups -OCH3 is 1. The fourth-order valence-electron chi connectivity index (χ4n) is 1.90. The summed E-state index contributed by atoms with van der Waals surface area (Å²) in [7, 11) is 1.57. The van der Waals surface area contributed by atoms with Crippen molar-refractivity contribution in [3.8, 4) is 5.75 Å². The predicted molar refractivity (Wildman–Crippen MR) is 83.8 cm³/mol. The average molecular weight is 319 g/mol. The van der Waals surface area contributed by atoms with Gasteiger partial charge in [0.25, 0.3) is 5.91 Å². The molecule has 1 amide bonds. The Morgan fingerprint density at radius 1 is 1.32 bits per heavy atom. The number of halogens is 1. The van der Waals surface area contributed by atoms with Crippen LogP contribution in [0.4, 0.5) is 11.6 Å². The number of nitrogens with one attached hydrogen (secondary N) is 2. The van der Waals surface area contributed by atoms with Crippen molar-refractivity contribution in [1.82, 2.24) is 15.3 Å². The Morgan fingerprint density at radius 2 is 2.05 bits per heavy atom. The van der Waals surface area contributed by atoms with E-state index in [2.05, 4.69) is 20.6 Å². The van der Waals surface area contributed by atoms with E-state index in [0.717, 1.165) is 12.8 Å². The molecule has 7 heteroatoms. The molecule has 2 aromatic rings. The molecule has 3 rings (SSSR count). The second-order valence-corrected chi connectivity index (χ2v) is 5.45. The predicted octanol–water partition coefficient (Wildman–Crippen LogP) is 2.77. The van der Waals surface area contributed by atoms with E-state index in [1.54, 1.807) is 25.3 Å². The highest BCUT2D eigenvalue weighted by Crippen LogP contribution is 2.29.